The van der Waals surface area contributed by atoms with Crippen molar-refractivity contribution in [3.63, 3.8) is 0 Å². The van der Waals surface area contributed by atoms with Crippen LogP contribution in [0, 0.1) is 5.92 Å². The largest absolute Gasteiger partial charge is 0.312 e. The van der Waals surface area contributed by atoms with Crippen molar-refractivity contribution in [1.82, 2.24) is 0 Å². The summed E-state index contributed by atoms with van der Waals surface area (Å²) in [6, 6.07) is 18.3. The standard InChI is InChI=1S/C23H22N2O3S/c26-23(18-7-8-18)25-13-3-6-17-9-11-20(15-22(17)25)24-29(27,28)21-12-10-16-4-1-2-5-19(16)14-21/h1-2,4-5,9-12,14-15,18,24H,3,6-8,13H2. The van der Waals surface area contributed by atoms with Gasteiger partial charge in [0.1, 0.15) is 0 Å². The van der Waals surface area contributed by atoms with Crippen LogP contribution in [0.3, 0.4) is 0 Å². The van der Waals surface area contributed by atoms with E-state index in [1.165, 1.54) is 0 Å². The second-order valence-electron chi connectivity index (χ2n) is 7.83. The normalized spacial score (nSPS) is 16.5. The molecule has 148 valence electrons. The first-order valence-electron chi connectivity index (χ1n) is 9.97. The van der Waals surface area contributed by atoms with E-state index in [9.17, 15) is 13.2 Å². The van der Waals surface area contributed by atoms with Crippen molar-refractivity contribution in [3.8, 4) is 0 Å². The summed E-state index contributed by atoms with van der Waals surface area (Å²) in [7, 11) is -3.73. The van der Waals surface area contributed by atoms with E-state index in [0.29, 0.717) is 12.2 Å². The second kappa shape index (κ2) is 6.88. The van der Waals surface area contributed by atoms with Crippen molar-refractivity contribution in [2.75, 3.05) is 16.2 Å². The van der Waals surface area contributed by atoms with Crippen LogP contribution in [0.4, 0.5) is 11.4 Å². The molecule has 3 aromatic rings. The molecule has 0 unspecified atom stereocenters. The molecule has 1 aliphatic heterocycles. The number of anilines is 2. The van der Waals surface area contributed by atoms with Crippen molar-refractivity contribution >= 4 is 38.1 Å². The lowest BCUT2D eigenvalue weighted by molar-refractivity contribution is -0.119. The van der Waals surface area contributed by atoms with Crippen LogP contribution >= 0.6 is 0 Å². The fraction of sp³-hybridized carbons (Fsp3) is 0.261. The van der Waals surface area contributed by atoms with Gasteiger partial charge in [-0.2, -0.15) is 0 Å². The van der Waals surface area contributed by atoms with Crippen molar-refractivity contribution < 1.29 is 13.2 Å². The summed E-state index contributed by atoms with van der Waals surface area (Å²) >= 11 is 0. The van der Waals surface area contributed by atoms with Crippen LogP contribution in [0.2, 0.25) is 0 Å². The molecule has 1 saturated carbocycles. The van der Waals surface area contributed by atoms with Crippen molar-refractivity contribution in [2.24, 2.45) is 5.92 Å². The number of rotatable bonds is 4. The zero-order valence-electron chi connectivity index (χ0n) is 16.0. The number of aryl methyl sites for hydroxylation is 1. The highest BCUT2D eigenvalue weighted by Crippen LogP contribution is 2.37. The number of carbonyl (C=O) groups is 1. The van der Waals surface area contributed by atoms with Crippen molar-refractivity contribution in [2.45, 2.75) is 30.6 Å². The number of sulfonamides is 1. The Bertz CT molecular complexity index is 1220. The Morgan fingerprint density at radius 2 is 1.76 bits per heavy atom. The first-order valence-corrected chi connectivity index (χ1v) is 11.5. The summed E-state index contributed by atoms with van der Waals surface area (Å²) in [4.78, 5) is 14.7. The minimum atomic E-state index is -3.73. The number of nitrogens with one attached hydrogen (secondary N) is 1. The minimum Gasteiger partial charge on any atom is -0.312 e. The van der Waals surface area contributed by atoms with Crippen LogP contribution in [-0.4, -0.2) is 20.9 Å². The van der Waals surface area contributed by atoms with Gasteiger partial charge in [-0.3, -0.25) is 9.52 Å². The van der Waals surface area contributed by atoms with E-state index in [-0.39, 0.29) is 16.7 Å². The van der Waals surface area contributed by atoms with E-state index in [0.717, 1.165) is 47.7 Å². The molecule has 0 radical (unpaired) electrons. The van der Waals surface area contributed by atoms with Crippen LogP contribution in [0.5, 0.6) is 0 Å². The maximum absolute atomic E-state index is 13.0. The van der Waals surface area contributed by atoms with Gasteiger partial charge in [0, 0.05) is 18.2 Å². The number of benzene rings is 3. The topological polar surface area (TPSA) is 66.5 Å². The zero-order chi connectivity index (χ0) is 20.0. The number of carbonyl (C=O) groups excluding carboxylic acids is 1. The van der Waals surface area contributed by atoms with Crippen LogP contribution in [0.15, 0.2) is 65.6 Å². The van der Waals surface area contributed by atoms with Gasteiger partial charge < -0.3 is 4.90 Å². The average Bonchev–Trinajstić information content (AvgIpc) is 3.57. The molecule has 2 aliphatic rings. The van der Waals surface area contributed by atoms with Crippen molar-refractivity contribution in [1.29, 1.82) is 0 Å². The second-order valence-corrected chi connectivity index (χ2v) is 9.51. The minimum absolute atomic E-state index is 0.138. The molecule has 1 aliphatic carbocycles. The third-order valence-electron chi connectivity index (χ3n) is 5.68. The monoisotopic (exact) mass is 406 g/mol. The summed E-state index contributed by atoms with van der Waals surface area (Å²) in [5.41, 5.74) is 2.41. The molecular weight excluding hydrogens is 384 g/mol. The molecule has 29 heavy (non-hydrogen) atoms. The third kappa shape index (κ3) is 3.49. The lowest BCUT2D eigenvalue weighted by atomic mass is 10.0. The van der Waals surface area contributed by atoms with E-state index in [2.05, 4.69) is 4.72 Å². The maximum Gasteiger partial charge on any atom is 0.261 e. The van der Waals surface area contributed by atoms with Crippen LogP contribution < -0.4 is 9.62 Å². The highest BCUT2D eigenvalue weighted by Gasteiger charge is 2.35. The lowest BCUT2D eigenvalue weighted by Crippen LogP contribution is -2.36. The lowest BCUT2D eigenvalue weighted by Gasteiger charge is -2.30. The molecule has 0 aromatic heterocycles. The Balaban J connectivity index is 1.46. The molecule has 0 bridgehead atoms. The zero-order valence-corrected chi connectivity index (χ0v) is 16.8. The Morgan fingerprint density at radius 1 is 0.966 bits per heavy atom. The van der Waals surface area contributed by atoms with Crippen LogP contribution in [0.25, 0.3) is 10.8 Å². The Labute approximate surface area is 170 Å². The summed E-state index contributed by atoms with van der Waals surface area (Å²) in [5.74, 6) is 0.305. The molecule has 1 amide bonds. The van der Waals surface area contributed by atoms with Gasteiger partial charge in [0.2, 0.25) is 5.91 Å². The molecule has 6 heteroatoms. The molecule has 1 N–H and O–H groups in total. The van der Waals surface area contributed by atoms with Crippen molar-refractivity contribution in [3.05, 3.63) is 66.2 Å². The van der Waals surface area contributed by atoms with E-state index < -0.39 is 10.0 Å². The van der Waals surface area contributed by atoms with E-state index in [4.69, 9.17) is 0 Å². The number of hydrogen-bond donors (Lipinski definition) is 1. The fourth-order valence-corrected chi connectivity index (χ4v) is 5.05. The van der Waals surface area contributed by atoms with Gasteiger partial charge in [0.25, 0.3) is 10.0 Å². The molecule has 5 rings (SSSR count). The highest BCUT2D eigenvalue weighted by atomic mass is 32.2. The van der Waals surface area contributed by atoms with E-state index in [1.54, 1.807) is 24.3 Å². The molecule has 3 aromatic carbocycles. The maximum atomic E-state index is 13.0. The van der Waals surface area contributed by atoms with Gasteiger partial charge in [-0.1, -0.05) is 36.4 Å². The number of hydrogen-bond acceptors (Lipinski definition) is 3. The molecule has 1 heterocycles. The quantitative estimate of drug-likeness (QED) is 0.701. The SMILES string of the molecule is O=C(C1CC1)N1CCCc2ccc(NS(=O)(=O)c3ccc4ccccc4c3)cc21. The predicted octanol–water partition coefficient (Wildman–Crippen LogP) is 4.33. The summed E-state index contributed by atoms with van der Waals surface area (Å²) in [6.45, 7) is 0.698. The summed E-state index contributed by atoms with van der Waals surface area (Å²) in [6.07, 6.45) is 3.76. The molecular formula is C23H22N2O3S. The number of fused-ring (bicyclic) bond motifs is 2. The van der Waals surface area contributed by atoms with E-state index in [1.807, 2.05) is 41.3 Å². The van der Waals surface area contributed by atoms with Gasteiger partial charge in [0.05, 0.1) is 10.6 Å². The molecule has 0 saturated heterocycles. The first-order chi connectivity index (χ1) is 14.0. The Morgan fingerprint density at radius 3 is 2.55 bits per heavy atom. The van der Waals surface area contributed by atoms with Gasteiger partial charge in [0.15, 0.2) is 0 Å². The molecule has 5 nitrogen and oxygen atoms in total. The molecule has 1 fully saturated rings. The van der Waals surface area contributed by atoms with Gasteiger partial charge >= 0.3 is 0 Å². The molecule has 0 spiro atoms. The summed E-state index contributed by atoms with van der Waals surface area (Å²) in [5, 5.41) is 1.87. The smallest absolute Gasteiger partial charge is 0.261 e. The van der Waals surface area contributed by atoms with Gasteiger partial charge in [-0.15, -0.1) is 0 Å². The number of nitrogens with zero attached hydrogens (tertiary/aromatic N) is 1. The van der Waals surface area contributed by atoms with Gasteiger partial charge in [-0.25, -0.2) is 8.42 Å². The number of amides is 1. The fourth-order valence-electron chi connectivity index (χ4n) is 3.97. The van der Waals surface area contributed by atoms with Crippen LogP contribution in [-0.2, 0) is 21.2 Å². The third-order valence-corrected chi connectivity index (χ3v) is 7.06. The highest BCUT2D eigenvalue weighted by molar-refractivity contribution is 7.92. The average molecular weight is 407 g/mol. The Kier molecular flexibility index (Phi) is 4.32. The van der Waals surface area contributed by atoms with E-state index >= 15 is 0 Å². The Hall–Kier alpha value is -2.86. The van der Waals surface area contributed by atoms with Crippen LogP contribution in [0.1, 0.15) is 24.8 Å². The summed E-state index contributed by atoms with van der Waals surface area (Å²) < 4.78 is 28.6. The van der Waals surface area contributed by atoms with Gasteiger partial charge in [-0.05, 0) is 66.3 Å². The molecule has 0 atom stereocenters. The predicted molar refractivity (Wildman–Crippen MR) is 115 cm³/mol. The first kappa shape index (κ1) is 18.2.